The molecular formula is C16H19N3O4S. The zero-order valence-electron chi connectivity index (χ0n) is 13.3. The largest absolute Gasteiger partial charge is 0.480 e. The van der Waals surface area contributed by atoms with E-state index < -0.39 is 12.5 Å². The Morgan fingerprint density at radius 1 is 1.46 bits per heavy atom. The second-order valence-electron chi connectivity index (χ2n) is 6.22. The maximum absolute atomic E-state index is 12.4. The highest BCUT2D eigenvalue weighted by molar-refractivity contribution is 7.18. The number of carbonyl (C=O) groups is 2. The minimum Gasteiger partial charge on any atom is -0.480 e. The second kappa shape index (κ2) is 6.72. The van der Waals surface area contributed by atoms with Gasteiger partial charge in [-0.3, -0.25) is 14.4 Å². The summed E-state index contributed by atoms with van der Waals surface area (Å²) in [5.74, 6) is -0.374. The molecule has 8 heteroatoms. The molecule has 128 valence electrons. The van der Waals surface area contributed by atoms with E-state index in [2.05, 4.69) is 22.2 Å². The Bertz CT molecular complexity index is 855. The lowest BCUT2D eigenvalue weighted by Crippen LogP contribution is -2.29. The molecule has 1 unspecified atom stereocenters. The van der Waals surface area contributed by atoms with Crippen LogP contribution in [0.15, 0.2) is 4.79 Å². The van der Waals surface area contributed by atoms with E-state index in [1.54, 1.807) is 11.3 Å². The van der Waals surface area contributed by atoms with Gasteiger partial charge in [0.1, 0.15) is 17.2 Å². The molecule has 3 rings (SSSR count). The number of aliphatic carboxylic acids is 1. The molecule has 0 radical (unpaired) electrons. The number of carboxylic acids is 1. The molecule has 0 bridgehead atoms. The van der Waals surface area contributed by atoms with Crippen LogP contribution in [0.5, 0.6) is 0 Å². The van der Waals surface area contributed by atoms with E-state index in [-0.39, 0.29) is 24.3 Å². The monoisotopic (exact) mass is 349 g/mol. The number of fused-ring (bicyclic) bond motifs is 3. The van der Waals surface area contributed by atoms with E-state index in [1.807, 2.05) is 0 Å². The van der Waals surface area contributed by atoms with E-state index in [0.717, 1.165) is 29.7 Å². The third kappa shape index (κ3) is 3.48. The minimum absolute atomic E-state index is 0.0872. The van der Waals surface area contributed by atoms with Crippen LogP contribution in [-0.2, 0) is 28.9 Å². The first-order chi connectivity index (χ1) is 11.4. The van der Waals surface area contributed by atoms with Crippen molar-refractivity contribution in [3.63, 3.8) is 0 Å². The topological polar surface area (TPSA) is 112 Å². The van der Waals surface area contributed by atoms with Crippen molar-refractivity contribution in [3.05, 3.63) is 26.6 Å². The third-order valence-corrected chi connectivity index (χ3v) is 5.39. The smallest absolute Gasteiger partial charge is 0.322 e. The molecule has 0 aliphatic heterocycles. The number of nitrogens with one attached hydrogen (secondary N) is 2. The highest BCUT2D eigenvalue weighted by Gasteiger charge is 2.23. The predicted octanol–water partition coefficient (Wildman–Crippen LogP) is 1.24. The SMILES string of the molecule is CC1CCc2c(sc3nc(CCC(=O)NCC(=O)O)[nH]c(=O)c23)C1. The fourth-order valence-electron chi connectivity index (χ4n) is 3.01. The van der Waals surface area contributed by atoms with Crippen LogP contribution in [0, 0.1) is 5.92 Å². The first-order valence-corrected chi connectivity index (χ1v) is 8.77. The van der Waals surface area contributed by atoms with Crippen LogP contribution in [0.25, 0.3) is 10.2 Å². The van der Waals surface area contributed by atoms with Crippen molar-refractivity contribution in [2.24, 2.45) is 5.92 Å². The predicted molar refractivity (Wildman–Crippen MR) is 90.4 cm³/mol. The Kier molecular flexibility index (Phi) is 4.66. The molecule has 1 atom stereocenters. The summed E-state index contributed by atoms with van der Waals surface area (Å²) in [4.78, 5) is 43.6. The highest BCUT2D eigenvalue weighted by Crippen LogP contribution is 2.35. The van der Waals surface area contributed by atoms with Gasteiger partial charge in [-0.05, 0) is 30.7 Å². The Balaban J connectivity index is 1.78. The van der Waals surface area contributed by atoms with E-state index in [1.165, 1.54) is 4.88 Å². The molecule has 0 fully saturated rings. The number of nitrogens with zero attached hydrogens (tertiary/aromatic N) is 1. The Hall–Kier alpha value is -2.22. The number of rotatable bonds is 5. The van der Waals surface area contributed by atoms with Crippen LogP contribution in [0.1, 0.15) is 36.0 Å². The zero-order valence-corrected chi connectivity index (χ0v) is 14.2. The number of hydrogen-bond acceptors (Lipinski definition) is 5. The van der Waals surface area contributed by atoms with Crippen molar-refractivity contribution in [1.29, 1.82) is 0 Å². The number of carbonyl (C=O) groups excluding carboxylic acids is 1. The van der Waals surface area contributed by atoms with Gasteiger partial charge in [0.05, 0.1) is 5.39 Å². The molecule has 2 aromatic rings. The van der Waals surface area contributed by atoms with Crippen molar-refractivity contribution < 1.29 is 14.7 Å². The molecule has 0 saturated carbocycles. The lowest BCUT2D eigenvalue weighted by Gasteiger charge is -2.17. The third-order valence-electron chi connectivity index (χ3n) is 4.24. The molecule has 1 amide bonds. The summed E-state index contributed by atoms with van der Waals surface area (Å²) in [7, 11) is 0. The molecule has 1 aliphatic carbocycles. The fourth-order valence-corrected chi connectivity index (χ4v) is 4.41. The molecule has 0 aromatic carbocycles. The average molecular weight is 349 g/mol. The number of amides is 1. The molecule has 2 aromatic heterocycles. The second-order valence-corrected chi connectivity index (χ2v) is 7.30. The van der Waals surface area contributed by atoms with Crippen LogP contribution < -0.4 is 10.9 Å². The van der Waals surface area contributed by atoms with Crippen molar-refractivity contribution >= 4 is 33.4 Å². The lowest BCUT2D eigenvalue weighted by atomic mass is 9.89. The minimum atomic E-state index is -1.09. The van der Waals surface area contributed by atoms with E-state index in [0.29, 0.717) is 17.1 Å². The number of aromatic nitrogens is 2. The Morgan fingerprint density at radius 3 is 3.00 bits per heavy atom. The zero-order chi connectivity index (χ0) is 17.3. The van der Waals surface area contributed by atoms with Crippen LogP contribution in [0.3, 0.4) is 0 Å². The summed E-state index contributed by atoms with van der Waals surface area (Å²) >= 11 is 1.57. The van der Waals surface area contributed by atoms with E-state index >= 15 is 0 Å². The van der Waals surface area contributed by atoms with Gasteiger partial charge in [-0.2, -0.15) is 0 Å². The van der Waals surface area contributed by atoms with Crippen LogP contribution in [0.4, 0.5) is 0 Å². The molecule has 3 N–H and O–H groups in total. The van der Waals surface area contributed by atoms with E-state index in [9.17, 15) is 14.4 Å². The summed E-state index contributed by atoms with van der Waals surface area (Å²) in [5, 5.41) is 11.5. The normalized spacial score (nSPS) is 16.8. The molecule has 2 heterocycles. The number of aromatic amines is 1. The number of thiophene rings is 1. The van der Waals surface area contributed by atoms with Crippen molar-refractivity contribution in [2.75, 3.05) is 6.54 Å². The maximum atomic E-state index is 12.4. The average Bonchev–Trinajstić information content (AvgIpc) is 2.88. The summed E-state index contributed by atoms with van der Waals surface area (Å²) in [6.45, 7) is 1.81. The van der Waals surface area contributed by atoms with Gasteiger partial charge in [-0.1, -0.05) is 6.92 Å². The van der Waals surface area contributed by atoms with Gasteiger partial charge in [0.25, 0.3) is 5.56 Å². The van der Waals surface area contributed by atoms with Gasteiger partial charge in [0, 0.05) is 17.7 Å². The molecule has 0 saturated heterocycles. The molecule has 1 aliphatic rings. The standard InChI is InChI=1S/C16H19N3O4S/c1-8-2-3-9-10(6-8)24-16-14(9)15(23)18-11(19-16)4-5-12(20)17-7-13(21)22/h8H,2-7H2,1H3,(H,17,20)(H,21,22)(H,18,19,23). The Labute approximate surface area is 142 Å². The number of aryl methyl sites for hydroxylation is 2. The fraction of sp³-hybridized carbons (Fsp3) is 0.500. The van der Waals surface area contributed by atoms with Gasteiger partial charge in [0.15, 0.2) is 0 Å². The summed E-state index contributed by atoms with van der Waals surface area (Å²) in [6.07, 6.45) is 3.35. The highest BCUT2D eigenvalue weighted by atomic mass is 32.1. The first kappa shape index (κ1) is 16.6. The van der Waals surface area contributed by atoms with Crippen molar-refractivity contribution in [3.8, 4) is 0 Å². The molecule has 0 spiro atoms. The molecule has 7 nitrogen and oxygen atoms in total. The van der Waals surface area contributed by atoms with Gasteiger partial charge < -0.3 is 15.4 Å². The molecule has 24 heavy (non-hydrogen) atoms. The summed E-state index contributed by atoms with van der Waals surface area (Å²) < 4.78 is 0. The first-order valence-electron chi connectivity index (χ1n) is 7.96. The number of hydrogen-bond donors (Lipinski definition) is 3. The number of H-pyrrole nitrogens is 1. The van der Waals surface area contributed by atoms with Crippen LogP contribution in [0.2, 0.25) is 0 Å². The summed E-state index contributed by atoms with van der Waals surface area (Å²) in [6, 6.07) is 0. The maximum Gasteiger partial charge on any atom is 0.322 e. The summed E-state index contributed by atoms with van der Waals surface area (Å²) in [5.41, 5.74) is 0.987. The lowest BCUT2D eigenvalue weighted by molar-refractivity contribution is -0.137. The quantitative estimate of drug-likeness (QED) is 0.752. The van der Waals surface area contributed by atoms with Gasteiger partial charge in [-0.15, -0.1) is 11.3 Å². The van der Waals surface area contributed by atoms with Crippen molar-refractivity contribution in [2.45, 2.75) is 39.0 Å². The van der Waals surface area contributed by atoms with Crippen LogP contribution >= 0.6 is 11.3 Å². The van der Waals surface area contributed by atoms with E-state index in [4.69, 9.17) is 5.11 Å². The number of carboxylic acid groups (broad SMARTS) is 1. The van der Waals surface area contributed by atoms with Crippen LogP contribution in [-0.4, -0.2) is 33.5 Å². The molecular weight excluding hydrogens is 330 g/mol. The van der Waals surface area contributed by atoms with Gasteiger partial charge >= 0.3 is 5.97 Å². The van der Waals surface area contributed by atoms with Gasteiger partial charge in [-0.25, -0.2) is 4.98 Å². The van der Waals surface area contributed by atoms with Gasteiger partial charge in [0.2, 0.25) is 5.91 Å². The van der Waals surface area contributed by atoms with Crippen molar-refractivity contribution in [1.82, 2.24) is 15.3 Å². The Morgan fingerprint density at radius 2 is 2.25 bits per heavy atom.